The van der Waals surface area contributed by atoms with Crippen LogP contribution < -0.4 is 10.6 Å². The maximum atomic E-state index is 11.8. The molecular weight excluding hydrogens is 380 g/mol. The lowest BCUT2D eigenvalue weighted by atomic mass is 10.2. The summed E-state index contributed by atoms with van der Waals surface area (Å²) < 4.78 is 9.80. The van der Waals surface area contributed by atoms with Gasteiger partial charge in [0.1, 0.15) is 13.2 Å². The lowest BCUT2D eigenvalue weighted by Gasteiger charge is -2.16. The van der Waals surface area contributed by atoms with Crippen molar-refractivity contribution in [1.29, 1.82) is 0 Å². The van der Waals surface area contributed by atoms with Crippen LogP contribution in [0.1, 0.15) is 18.9 Å². The highest BCUT2D eigenvalue weighted by Gasteiger charge is 2.17. The zero-order chi connectivity index (χ0) is 17.8. The Bertz CT molecular complexity index is 539. The van der Waals surface area contributed by atoms with E-state index in [0.29, 0.717) is 5.33 Å². The van der Waals surface area contributed by atoms with Crippen molar-refractivity contribution in [2.75, 3.05) is 18.5 Å². The van der Waals surface area contributed by atoms with Crippen LogP contribution in [0.3, 0.4) is 0 Å². The number of alkyl carbamates (subject to hydrolysis) is 1. The van der Waals surface area contributed by atoms with Gasteiger partial charge in [0.15, 0.2) is 0 Å². The first-order chi connectivity index (χ1) is 11.5. The van der Waals surface area contributed by atoms with Gasteiger partial charge in [0.05, 0.1) is 12.6 Å². The van der Waals surface area contributed by atoms with Crippen molar-refractivity contribution in [3.05, 3.63) is 35.9 Å². The van der Waals surface area contributed by atoms with Crippen molar-refractivity contribution in [2.45, 2.75) is 26.0 Å². The van der Waals surface area contributed by atoms with E-state index in [1.807, 2.05) is 30.3 Å². The van der Waals surface area contributed by atoms with Crippen LogP contribution in [0.25, 0.3) is 0 Å². The number of hydrogen-bond acceptors (Lipinski definition) is 5. The fourth-order valence-corrected chi connectivity index (χ4v) is 2.15. The van der Waals surface area contributed by atoms with E-state index in [1.165, 1.54) is 0 Å². The molecule has 0 saturated heterocycles. The van der Waals surface area contributed by atoms with Crippen LogP contribution in [-0.4, -0.2) is 42.5 Å². The lowest BCUT2D eigenvalue weighted by Crippen LogP contribution is -2.41. The Morgan fingerprint density at radius 2 is 1.88 bits per heavy atom. The molecule has 0 aliphatic rings. The standard InChI is InChI=1S/C16H21BrN2O5/c1-2-23-15(21)10-18-14(20)8-13(9-17)19-16(22)24-11-12-6-4-3-5-7-12/h3-7,13H,2,8-11H2,1H3,(H,18,20)(H,19,22)/t13-/m0/s1. The monoisotopic (exact) mass is 400 g/mol. The topological polar surface area (TPSA) is 93.7 Å². The number of amides is 2. The third-order valence-electron chi connectivity index (χ3n) is 2.89. The van der Waals surface area contributed by atoms with E-state index < -0.39 is 18.1 Å². The summed E-state index contributed by atoms with van der Waals surface area (Å²) >= 11 is 3.23. The average Bonchev–Trinajstić information content (AvgIpc) is 2.58. The fraction of sp³-hybridized carbons (Fsp3) is 0.438. The molecule has 0 aliphatic carbocycles. The minimum Gasteiger partial charge on any atom is -0.465 e. The van der Waals surface area contributed by atoms with Crippen molar-refractivity contribution < 1.29 is 23.9 Å². The normalized spacial score (nSPS) is 11.2. The molecule has 24 heavy (non-hydrogen) atoms. The maximum Gasteiger partial charge on any atom is 0.407 e. The van der Waals surface area contributed by atoms with Crippen LogP contribution >= 0.6 is 15.9 Å². The van der Waals surface area contributed by atoms with Gasteiger partial charge in [0, 0.05) is 11.8 Å². The first-order valence-corrected chi connectivity index (χ1v) is 8.62. The summed E-state index contributed by atoms with van der Waals surface area (Å²) in [7, 11) is 0. The lowest BCUT2D eigenvalue weighted by molar-refractivity contribution is -0.143. The van der Waals surface area contributed by atoms with E-state index in [-0.39, 0.29) is 32.1 Å². The second-order valence-electron chi connectivity index (χ2n) is 4.84. The van der Waals surface area contributed by atoms with Crippen molar-refractivity contribution in [3.63, 3.8) is 0 Å². The summed E-state index contributed by atoms with van der Waals surface area (Å²) in [6, 6.07) is 8.82. The second-order valence-corrected chi connectivity index (χ2v) is 5.49. The summed E-state index contributed by atoms with van der Waals surface area (Å²) in [5, 5.41) is 5.41. The van der Waals surface area contributed by atoms with E-state index in [0.717, 1.165) is 5.56 Å². The van der Waals surface area contributed by atoms with Gasteiger partial charge in [-0.15, -0.1) is 0 Å². The molecule has 132 valence electrons. The number of benzene rings is 1. The molecule has 0 spiro atoms. The number of rotatable bonds is 9. The van der Waals surface area contributed by atoms with Gasteiger partial charge in [-0.2, -0.15) is 0 Å². The van der Waals surface area contributed by atoms with Gasteiger partial charge < -0.3 is 20.1 Å². The Kier molecular flexibility index (Phi) is 9.52. The molecule has 0 saturated carbocycles. The number of carbonyl (C=O) groups excluding carboxylic acids is 3. The van der Waals surface area contributed by atoms with E-state index in [2.05, 4.69) is 26.6 Å². The van der Waals surface area contributed by atoms with Crippen molar-refractivity contribution >= 4 is 33.9 Å². The largest absolute Gasteiger partial charge is 0.465 e. The molecule has 1 aromatic rings. The second kappa shape index (κ2) is 11.4. The molecular formula is C16H21BrN2O5. The molecule has 0 aliphatic heterocycles. The predicted octanol–water partition coefficient (Wildman–Crippen LogP) is 1.75. The molecule has 0 heterocycles. The Labute approximate surface area is 149 Å². The Morgan fingerprint density at radius 1 is 1.17 bits per heavy atom. The molecule has 0 fully saturated rings. The van der Waals surface area contributed by atoms with Crippen LogP contribution in [0.4, 0.5) is 4.79 Å². The van der Waals surface area contributed by atoms with Crippen LogP contribution in [0.5, 0.6) is 0 Å². The van der Waals surface area contributed by atoms with E-state index in [1.54, 1.807) is 6.92 Å². The molecule has 1 aromatic carbocycles. The molecule has 2 amide bonds. The summed E-state index contributed by atoms with van der Waals surface area (Å²) in [5.74, 6) is -0.868. The van der Waals surface area contributed by atoms with Crippen molar-refractivity contribution in [1.82, 2.24) is 10.6 Å². The van der Waals surface area contributed by atoms with Crippen LogP contribution in [-0.2, 0) is 25.7 Å². The molecule has 0 radical (unpaired) electrons. The first-order valence-electron chi connectivity index (χ1n) is 7.50. The van der Waals surface area contributed by atoms with Gasteiger partial charge in [0.2, 0.25) is 5.91 Å². The highest BCUT2D eigenvalue weighted by molar-refractivity contribution is 9.09. The molecule has 7 nitrogen and oxygen atoms in total. The third kappa shape index (κ3) is 8.52. The summed E-state index contributed by atoms with van der Waals surface area (Å²) in [6.45, 7) is 1.90. The molecule has 2 N–H and O–H groups in total. The Morgan fingerprint density at radius 3 is 2.50 bits per heavy atom. The smallest absolute Gasteiger partial charge is 0.407 e. The molecule has 0 aromatic heterocycles. The van der Waals surface area contributed by atoms with Gasteiger partial charge in [-0.3, -0.25) is 9.59 Å². The number of hydrogen-bond donors (Lipinski definition) is 2. The summed E-state index contributed by atoms with van der Waals surface area (Å²) in [5.41, 5.74) is 0.871. The maximum absolute atomic E-state index is 11.8. The zero-order valence-corrected chi connectivity index (χ0v) is 15.0. The van der Waals surface area contributed by atoms with Crippen LogP contribution in [0.15, 0.2) is 30.3 Å². The first kappa shape index (κ1) is 20.0. The fourth-order valence-electron chi connectivity index (χ4n) is 1.75. The number of esters is 1. The number of carbonyl (C=O) groups is 3. The van der Waals surface area contributed by atoms with Gasteiger partial charge in [-0.1, -0.05) is 46.3 Å². The molecule has 0 bridgehead atoms. The average molecular weight is 401 g/mol. The summed E-state index contributed by atoms with van der Waals surface area (Å²) in [6.07, 6.45) is -0.591. The van der Waals surface area contributed by atoms with Crippen LogP contribution in [0, 0.1) is 0 Å². The Hall–Kier alpha value is -2.09. The third-order valence-corrected chi connectivity index (χ3v) is 3.67. The summed E-state index contributed by atoms with van der Waals surface area (Å²) in [4.78, 5) is 34.7. The SMILES string of the molecule is CCOC(=O)CNC(=O)C[C@@H](CBr)NC(=O)OCc1ccccc1. The van der Waals surface area contributed by atoms with Crippen molar-refractivity contribution in [3.8, 4) is 0 Å². The van der Waals surface area contributed by atoms with E-state index >= 15 is 0 Å². The number of halogens is 1. The van der Waals surface area contributed by atoms with Crippen LogP contribution in [0.2, 0.25) is 0 Å². The molecule has 8 heteroatoms. The highest BCUT2D eigenvalue weighted by Crippen LogP contribution is 2.02. The number of nitrogens with one attached hydrogen (secondary N) is 2. The van der Waals surface area contributed by atoms with Gasteiger partial charge >= 0.3 is 12.1 Å². The Balaban J connectivity index is 2.31. The molecule has 1 atom stereocenters. The highest BCUT2D eigenvalue weighted by atomic mass is 79.9. The molecule has 0 unspecified atom stereocenters. The minimum absolute atomic E-state index is 0.0189. The van der Waals surface area contributed by atoms with E-state index in [4.69, 9.17) is 9.47 Å². The van der Waals surface area contributed by atoms with Gasteiger partial charge in [-0.05, 0) is 12.5 Å². The minimum atomic E-state index is -0.610. The zero-order valence-electron chi connectivity index (χ0n) is 13.4. The number of alkyl halides is 1. The van der Waals surface area contributed by atoms with Gasteiger partial charge in [-0.25, -0.2) is 4.79 Å². The molecule has 1 rings (SSSR count). The van der Waals surface area contributed by atoms with Crippen molar-refractivity contribution in [2.24, 2.45) is 0 Å². The van der Waals surface area contributed by atoms with E-state index in [9.17, 15) is 14.4 Å². The quantitative estimate of drug-likeness (QED) is 0.486. The predicted molar refractivity (Wildman–Crippen MR) is 91.6 cm³/mol. The number of ether oxygens (including phenoxy) is 2. The van der Waals surface area contributed by atoms with Gasteiger partial charge in [0.25, 0.3) is 0 Å².